The van der Waals surface area contributed by atoms with Crippen molar-refractivity contribution < 1.29 is 4.57 Å². The van der Waals surface area contributed by atoms with Gasteiger partial charge in [0.25, 0.3) is 6.33 Å². The number of aromatic nitrogens is 3. The Hall–Kier alpha value is -0.910. The highest BCUT2D eigenvalue weighted by Gasteiger charge is 2.04. The molecule has 2 aromatic heterocycles. The van der Waals surface area contributed by atoms with Gasteiger partial charge in [-0.2, -0.15) is 4.57 Å². The molecule has 0 atom stereocenters. The van der Waals surface area contributed by atoms with Crippen LogP contribution in [0.3, 0.4) is 0 Å². The lowest BCUT2D eigenvalue weighted by molar-refractivity contribution is -0.670. The van der Waals surface area contributed by atoms with Gasteiger partial charge >= 0.3 is 0 Å². The Morgan fingerprint density at radius 1 is 1.46 bits per heavy atom. The van der Waals surface area contributed by atoms with Gasteiger partial charge in [0.1, 0.15) is 16.9 Å². The molecular weight excluding hydrogens is 277 g/mol. The van der Waals surface area contributed by atoms with Crippen LogP contribution in [0, 0.1) is 0 Å². The van der Waals surface area contributed by atoms with Gasteiger partial charge in [0, 0.05) is 12.3 Å². The fourth-order valence-corrected chi connectivity index (χ4v) is 1.51. The van der Waals surface area contributed by atoms with Crippen molar-refractivity contribution in [2.24, 2.45) is 0 Å². The van der Waals surface area contributed by atoms with Crippen LogP contribution in [0.1, 0.15) is 0 Å². The predicted octanol–water partition coefficient (Wildman–Crippen LogP) is 1.55. The van der Waals surface area contributed by atoms with Crippen molar-refractivity contribution in [3.8, 4) is 5.82 Å². The second-order valence-electron chi connectivity index (χ2n) is 2.64. The van der Waals surface area contributed by atoms with Crippen LogP contribution in [0.2, 0.25) is 0 Å². The first kappa shape index (κ1) is 8.68. The standard InChI is InChI=1S/C9H9IN3/c10-7-12-5-6-13(8-12)9-3-1-2-4-11-9/h1-6,8H,7H2/q+1. The molecule has 13 heavy (non-hydrogen) atoms. The molecule has 0 aliphatic carbocycles. The molecule has 66 valence electrons. The van der Waals surface area contributed by atoms with E-state index < -0.39 is 0 Å². The third-order valence-electron chi connectivity index (χ3n) is 1.74. The lowest BCUT2D eigenvalue weighted by Crippen LogP contribution is -2.27. The summed E-state index contributed by atoms with van der Waals surface area (Å²) in [5.41, 5.74) is 0. The second kappa shape index (κ2) is 3.87. The average Bonchev–Trinajstić information content (AvgIpc) is 2.67. The molecule has 2 rings (SSSR count). The first-order valence-corrected chi connectivity index (χ1v) is 5.47. The fourth-order valence-electron chi connectivity index (χ4n) is 1.11. The summed E-state index contributed by atoms with van der Waals surface area (Å²) in [6, 6.07) is 5.88. The molecule has 0 spiro atoms. The molecule has 0 aliphatic rings. The number of nitrogens with zero attached hydrogens (tertiary/aromatic N) is 3. The highest BCUT2D eigenvalue weighted by Crippen LogP contribution is 2.00. The van der Waals surface area contributed by atoms with Crippen molar-refractivity contribution in [3.63, 3.8) is 0 Å². The Balaban J connectivity index is 2.36. The number of alkyl halides is 1. The van der Waals surface area contributed by atoms with Crippen LogP contribution in [0.15, 0.2) is 43.1 Å². The van der Waals surface area contributed by atoms with Gasteiger partial charge in [-0.05, 0) is 28.7 Å². The summed E-state index contributed by atoms with van der Waals surface area (Å²) in [5.74, 6) is 0.950. The van der Waals surface area contributed by atoms with E-state index in [4.69, 9.17) is 0 Å². The minimum atomic E-state index is 0.950. The molecule has 3 nitrogen and oxygen atoms in total. The normalized spacial score (nSPS) is 10.2. The molecule has 2 aromatic rings. The lowest BCUT2D eigenvalue weighted by Gasteiger charge is -1.91. The molecule has 4 heteroatoms. The zero-order valence-corrected chi connectivity index (χ0v) is 9.13. The predicted molar refractivity (Wildman–Crippen MR) is 57.8 cm³/mol. The quantitative estimate of drug-likeness (QED) is 0.466. The van der Waals surface area contributed by atoms with Crippen LogP contribution in [-0.2, 0) is 4.55 Å². The van der Waals surface area contributed by atoms with Gasteiger partial charge in [-0.15, -0.1) is 0 Å². The van der Waals surface area contributed by atoms with Gasteiger partial charge in [0.05, 0.1) is 0 Å². The molecule has 2 heterocycles. The monoisotopic (exact) mass is 286 g/mol. The third kappa shape index (κ3) is 1.88. The lowest BCUT2D eigenvalue weighted by atomic mass is 10.5. The summed E-state index contributed by atoms with van der Waals surface area (Å²) in [7, 11) is 0. The van der Waals surface area contributed by atoms with Crippen LogP contribution < -0.4 is 4.57 Å². The van der Waals surface area contributed by atoms with Gasteiger partial charge in [-0.25, -0.2) is 9.55 Å². The molecule has 0 saturated carbocycles. The molecule has 0 bridgehead atoms. The van der Waals surface area contributed by atoms with E-state index in [9.17, 15) is 0 Å². The van der Waals surface area contributed by atoms with Gasteiger partial charge < -0.3 is 0 Å². The largest absolute Gasteiger partial charge is 0.250 e. The Labute approximate surface area is 90.2 Å². The molecule has 0 radical (unpaired) electrons. The first-order valence-electron chi connectivity index (χ1n) is 3.94. The van der Waals surface area contributed by atoms with Gasteiger partial charge in [-0.1, -0.05) is 6.07 Å². The van der Waals surface area contributed by atoms with Crippen molar-refractivity contribution >= 4 is 22.6 Å². The smallest absolute Gasteiger partial charge is 0.227 e. The van der Waals surface area contributed by atoms with E-state index in [1.807, 2.05) is 41.5 Å². The minimum Gasteiger partial charge on any atom is -0.227 e. The SMILES string of the molecule is IC[n+]1ccn(-c2ccccn2)c1. The molecule has 0 N–H and O–H groups in total. The molecule has 0 aliphatic heterocycles. The van der Waals surface area contributed by atoms with E-state index in [0.717, 1.165) is 10.4 Å². The maximum atomic E-state index is 4.24. The maximum absolute atomic E-state index is 4.24. The van der Waals surface area contributed by atoms with Crippen LogP contribution >= 0.6 is 22.6 Å². The average molecular weight is 286 g/mol. The Morgan fingerprint density at radius 3 is 3.00 bits per heavy atom. The maximum Gasteiger partial charge on any atom is 0.250 e. The summed E-state index contributed by atoms with van der Waals surface area (Å²) in [6.45, 7) is 0. The van der Waals surface area contributed by atoms with Gasteiger partial charge in [-0.3, -0.25) is 0 Å². The fraction of sp³-hybridized carbons (Fsp3) is 0.111. The minimum absolute atomic E-state index is 0.950. The van der Waals surface area contributed by atoms with E-state index in [1.54, 1.807) is 6.20 Å². The number of halogens is 1. The van der Waals surface area contributed by atoms with Crippen molar-refractivity contribution in [2.45, 2.75) is 4.55 Å². The van der Waals surface area contributed by atoms with Crippen LogP contribution in [-0.4, -0.2) is 9.55 Å². The van der Waals surface area contributed by atoms with E-state index in [1.165, 1.54) is 0 Å². The summed E-state index contributed by atoms with van der Waals surface area (Å²) in [4.78, 5) is 4.24. The zero-order chi connectivity index (χ0) is 9.10. The van der Waals surface area contributed by atoms with E-state index in [0.29, 0.717) is 0 Å². The van der Waals surface area contributed by atoms with Crippen LogP contribution in [0.5, 0.6) is 0 Å². The Morgan fingerprint density at radius 2 is 2.38 bits per heavy atom. The molecule has 0 aromatic carbocycles. The van der Waals surface area contributed by atoms with Crippen molar-refractivity contribution in [2.75, 3.05) is 0 Å². The van der Waals surface area contributed by atoms with Gasteiger partial charge in [0.2, 0.25) is 5.82 Å². The topological polar surface area (TPSA) is 21.7 Å². The molecular formula is C9H9IN3+. The molecule has 0 saturated heterocycles. The second-order valence-corrected chi connectivity index (χ2v) is 3.32. The highest BCUT2D eigenvalue weighted by molar-refractivity contribution is 14.1. The summed E-state index contributed by atoms with van der Waals surface area (Å²) in [5, 5.41) is 0. The third-order valence-corrected chi connectivity index (χ3v) is 2.53. The number of imidazole rings is 1. The van der Waals surface area contributed by atoms with Crippen molar-refractivity contribution in [1.82, 2.24) is 9.55 Å². The number of rotatable bonds is 2. The summed E-state index contributed by atoms with van der Waals surface area (Å²) in [6.07, 6.45) is 7.85. The zero-order valence-electron chi connectivity index (χ0n) is 6.97. The number of hydrogen-bond donors (Lipinski definition) is 0. The highest BCUT2D eigenvalue weighted by atomic mass is 127. The molecule has 0 amide bonds. The summed E-state index contributed by atoms with van der Waals surface area (Å²) >= 11 is 2.32. The number of hydrogen-bond acceptors (Lipinski definition) is 1. The summed E-state index contributed by atoms with van der Waals surface area (Å²) < 4.78 is 5.05. The van der Waals surface area contributed by atoms with Gasteiger partial charge in [0.15, 0.2) is 0 Å². The van der Waals surface area contributed by atoms with Crippen molar-refractivity contribution in [1.29, 1.82) is 0 Å². The van der Waals surface area contributed by atoms with E-state index >= 15 is 0 Å². The Kier molecular flexibility index (Phi) is 2.58. The van der Waals surface area contributed by atoms with Crippen LogP contribution in [0.4, 0.5) is 0 Å². The molecule has 0 fully saturated rings. The van der Waals surface area contributed by atoms with Crippen molar-refractivity contribution in [3.05, 3.63) is 43.1 Å². The Bertz CT molecular complexity index is 383. The molecule has 0 unspecified atom stereocenters. The first-order chi connectivity index (χ1) is 6.40. The van der Waals surface area contributed by atoms with E-state index in [2.05, 4.69) is 32.1 Å². The van der Waals surface area contributed by atoms with E-state index in [-0.39, 0.29) is 0 Å². The number of pyridine rings is 1. The van der Waals surface area contributed by atoms with Crippen LogP contribution in [0.25, 0.3) is 5.82 Å².